The van der Waals surface area contributed by atoms with Crippen molar-refractivity contribution < 1.29 is 4.74 Å². The van der Waals surface area contributed by atoms with Gasteiger partial charge in [0.25, 0.3) is 0 Å². The highest BCUT2D eigenvalue weighted by Crippen LogP contribution is 2.33. The SMILES string of the molecule is COc1ccc(C(CN)N2CC(C)C(C)C2)cc1Br. The topological polar surface area (TPSA) is 38.5 Å². The van der Waals surface area contributed by atoms with E-state index in [0.29, 0.717) is 12.6 Å². The lowest BCUT2D eigenvalue weighted by Gasteiger charge is -2.27. The third kappa shape index (κ3) is 3.12. The maximum Gasteiger partial charge on any atom is 0.133 e. The smallest absolute Gasteiger partial charge is 0.133 e. The predicted molar refractivity (Wildman–Crippen MR) is 82.4 cm³/mol. The van der Waals surface area contributed by atoms with Crippen LogP contribution in [-0.4, -0.2) is 31.6 Å². The number of hydrogen-bond acceptors (Lipinski definition) is 3. The molecule has 0 saturated carbocycles. The highest BCUT2D eigenvalue weighted by molar-refractivity contribution is 9.10. The standard InChI is InChI=1S/C15H23BrN2O/c1-10-8-18(9-11(10)2)14(7-17)12-4-5-15(19-3)13(16)6-12/h4-6,10-11,14H,7-9,17H2,1-3H3. The molecule has 0 aliphatic carbocycles. The van der Waals surface area contributed by atoms with E-state index in [1.807, 2.05) is 6.07 Å². The molecule has 1 saturated heterocycles. The minimum absolute atomic E-state index is 0.301. The van der Waals surface area contributed by atoms with Crippen molar-refractivity contribution in [3.63, 3.8) is 0 Å². The monoisotopic (exact) mass is 326 g/mol. The van der Waals surface area contributed by atoms with Crippen LogP contribution in [0.5, 0.6) is 5.75 Å². The fourth-order valence-electron chi connectivity index (χ4n) is 2.81. The van der Waals surface area contributed by atoms with E-state index in [1.54, 1.807) is 7.11 Å². The molecule has 1 aromatic carbocycles. The van der Waals surface area contributed by atoms with Gasteiger partial charge in [-0.2, -0.15) is 0 Å². The van der Waals surface area contributed by atoms with E-state index in [9.17, 15) is 0 Å². The zero-order chi connectivity index (χ0) is 14.0. The van der Waals surface area contributed by atoms with Gasteiger partial charge in [0.1, 0.15) is 5.75 Å². The van der Waals surface area contributed by atoms with Crippen LogP contribution in [0.3, 0.4) is 0 Å². The largest absolute Gasteiger partial charge is 0.496 e. The fourth-order valence-corrected chi connectivity index (χ4v) is 3.37. The summed E-state index contributed by atoms with van der Waals surface area (Å²) in [5.41, 5.74) is 7.27. The maximum atomic E-state index is 6.01. The summed E-state index contributed by atoms with van der Waals surface area (Å²) in [5, 5.41) is 0. The molecule has 1 aromatic rings. The quantitative estimate of drug-likeness (QED) is 0.924. The van der Waals surface area contributed by atoms with E-state index in [4.69, 9.17) is 10.5 Å². The van der Waals surface area contributed by atoms with Crippen LogP contribution in [0, 0.1) is 11.8 Å². The Balaban J connectivity index is 2.20. The first-order chi connectivity index (χ1) is 9.06. The van der Waals surface area contributed by atoms with Crippen molar-refractivity contribution in [2.45, 2.75) is 19.9 Å². The van der Waals surface area contributed by atoms with Gasteiger partial charge in [-0.05, 0) is 45.5 Å². The first kappa shape index (κ1) is 14.8. The van der Waals surface area contributed by atoms with Crippen molar-refractivity contribution in [3.05, 3.63) is 28.2 Å². The molecule has 0 amide bonds. The molecule has 0 spiro atoms. The molecule has 0 aromatic heterocycles. The van der Waals surface area contributed by atoms with Crippen molar-refractivity contribution in [3.8, 4) is 5.75 Å². The van der Waals surface area contributed by atoms with Crippen LogP contribution in [-0.2, 0) is 0 Å². The van der Waals surface area contributed by atoms with E-state index in [2.05, 4.69) is 46.8 Å². The van der Waals surface area contributed by atoms with Crippen molar-refractivity contribution in [2.24, 2.45) is 17.6 Å². The van der Waals surface area contributed by atoms with E-state index in [1.165, 1.54) is 5.56 Å². The average Bonchev–Trinajstić information content (AvgIpc) is 2.70. The molecule has 1 heterocycles. The number of rotatable bonds is 4. The summed E-state index contributed by atoms with van der Waals surface area (Å²) in [5.74, 6) is 2.36. The number of benzene rings is 1. The molecule has 0 radical (unpaired) electrons. The second kappa shape index (κ2) is 6.25. The molecule has 3 nitrogen and oxygen atoms in total. The summed E-state index contributed by atoms with van der Waals surface area (Å²) in [6, 6.07) is 6.55. The van der Waals surface area contributed by atoms with E-state index < -0.39 is 0 Å². The number of halogens is 1. The number of likely N-dealkylation sites (tertiary alicyclic amines) is 1. The Bertz CT molecular complexity index is 428. The third-order valence-electron chi connectivity index (χ3n) is 4.24. The van der Waals surface area contributed by atoms with Gasteiger partial charge in [0, 0.05) is 25.7 Å². The number of nitrogens with two attached hydrogens (primary N) is 1. The molecular formula is C15H23BrN2O. The lowest BCUT2D eigenvalue weighted by atomic mass is 10.0. The predicted octanol–water partition coefficient (Wildman–Crippen LogP) is 3.05. The van der Waals surface area contributed by atoms with Gasteiger partial charge < -0.3 is 10.5 Å². The molecule has 106 valence electrons. The van der Waals surface area contributed by atoms with Gasteiger partial charge in [-0.1, -0.05) is 19.9 Å². The zero-order valence-corrected chi connectivity index (χ0v) is 13.5. The molecule has 1 fully saturated rings. The number of nitrogens with zero attached hydrogens (tertiary/aromatic N) is 1. The molecule has 4 heteroatoms. The fraction of sp³-hybridized carbons (Fsp3) is 0.600. The van der Waals surface area contributed by atoms with E-state index in [-0.39, 0.29) is 0 Å². The second-order valence-corrected chi connectivity index (χ2v) is 6.41. The van der Waals surface area contributed by atoms with Crippen molar-refractivity contribution in [1.82, 2.24) is 4.90 Å². The third-order valence-corrected chi connectivity index (χ3v) is 4.86. The minimum Gasteiger partial charge on any atom is -0.496 e. The summed E-state index contributed by atoms with van der Waals surface area (Å²) in [7, 11) is 1.68. The lowest BCUT2D eigenvalue weighted by Crippen LogP contribution is -2.32. The zero-order valence-electron chi connectivity index (χ0n) is 11.9. The first-order valence-corrected chi connectivity index (χ1v) is 7.63. The van der Waals surface area contributed by atoms with Crippen LogP contribution >= 0.6 is 15.9 Å². The molecule has 19 heavy (non-hydrogen) atoms. The second-order valence-electron chi connectivity index (χ2n) is 5.55. The van der Waals surface area contributed by atoms with Crippen molar-refractivity contribution >= 4 is 15.9 Å². The van der Waals surface area contributed by atoms with Gasteiger partial charge in [0.15, 0.2) is 0 Å². The number of methoxy groups -OCH3 is 1. The summed E-state index contributed by atoms with van der Waals surface area (Å²) in [6.45, 7) is 7.56. The van der Waals surface area contributed by atoms with Gasteiger partial charge in [-0.15, -0.1) is 0 Å². The highest BCUT2D eigenvalue weighted by atomic mass is 79.9. The molecule has 2 N–H and O–H groups in total. The summed E-state index contributed by atoms with van der Waals surface area (Å²) < 4.78 is 6.27. The van der Waals surface area contributed by atoms with Crippen LogP contribution < -0.4 is 10.5 Å². The van der Waals surface area contributed by atoms with Crippen LogP contribution in [0.2, 0.25) is 0 Å². The molecule has 2 rings (SSSR count). The summed E-state index contributed by atoms with van der Waals surface area (Å²) in [6.07, 6.45) is 0. The van der Waals surface area contributed by atoms with Gasteiger partial charge in [-0.3, -0.25) is 4.90 Å². The van der Waals surface area contributed by atoms with E-state index >= 15 is 0 Å². The Labute approximate surface area is 124 Å². The van der Waals surface area contributed by atoms with Gasteiger partial charge in [0.05, 0.1) is 11.6 Å². The number of hydrogen-bond donors (Lipinski definition) is 1. The summed E-state index contributed by atoms with van der Waals surface area (Å²) in [4.78, 5) is 2.50. The normalized spacial score (nSPS) is 25.5. The van der Waals surface area contributed by atoms with Crippen LogP contribution in [0.15, 0.2) is 22.7 Å². The summed E-state index contributed by atoms with van der Waals surface area (Å²) >= 11 is 3.55. The molecule has 3 unspecified atom stereocenters. The van der Waals surface area contributed by atoms with Crippen LogP contribution in [0.4, 0.5) is 0 Å². The van der Waals surface area contributed by atoms with Crippen LogP contribution in [0.25, 0.3) is 0 Å². The molecule has 1 aliphatic rings. The Morgan fingerprint density at radius 1 is 1.37 bits per heavy atom. The van der Waals surface area contributed by atoms with Crippen molar-refractivity contribution in [2.75, 3.05) is 26.7 Å². The Morgan fingerprint density at radius 3 is 2.47 bits per heavy atom. The van der Waals surface area contributed by atoms with Crippen LogP contribution in [0.1, 0.15) is 25.5 Å². The van der Waals surface area contributed by atoms with Gasteiger partial charge in [-0.25, -0.2) is 0 Å². The maximum absolute atomic E-state index is 6.01. The highest BCUT2D eigenvalue weighted by Gasteiger charge is 2.31. The number of ether oxygens (including phenoxy) is 1. The van der Waals surface area contributed by atoms with Gasteiger partial charge in [0.2, 0.25) is 0 Å². The van der Waals surface area contributed by atoms with E-state index in [0.717, 1.165) is 35.1 Å². The molecule has 0 bridgehead atoms. The Morgan fingerprint density at radius 2 is 2.00 bits per heavy atom. The first-order valence-electron chi connectivity index (χ1n) is 6.84. The molecule has 3 atom stereocenters. The molecular weight excluding hydrogens is 304 g/mol. The van der Waals surface area contributed by atoms with Crippen molar-refractivity contribution in [1.29, 1.82) is 0 Å². The minimum atomic E-state index is 0.301. The Kier molecular flexibility index (Phi) is 4.87. The average molecular weight is 327 g/mol. The van der Waals surface area contributed by atoms with Gasteiger partial charge >= 0.3 is 0 Å². The Hall–Kier alpha value is -0.580. The lowest BCUT2D eigenvalue weighted by molar-refractivity contribution is 0.240. The molecule has 1 aliphatic heterocycles.